The van der Waals surface area contributed by atoms with Gasteiger partial charge in [0, 0.05) is 12.4 Å². The Morgan fingerprint density at radius 2 is 2.07 bits per heavy atom. The summed E-state index contributed by atoms with van der Waals surface area (Å²) in [6.45, 7) is 3.96. The van der Waals surface area contributed by atoms with E-state index in [0.717, 1.165) is 6.42 Å². The Morgan fingerprint density at radius 3 is 2.53 bits per heavy atom. The maximum atomic E-state index is 11.3. The number of carbonyl (C=O) groups is 1. The minimum Gasteiger partial charge on any atom is -0.355 e. The zero-order chi connectivity index (χ0) is 11.9. The summed E-state index contributed by atoms with van der Waals surface area (Å²) in [5.41, 5.74) is 0. The van der Waals surface area contributed by atoms with Crippen molar-refractivity contribution in [3.05, 3.63) is 0 Å². The van der Waals surface area contributed by atoms with Crippen LogP contribution in [0.15, 0.2) is 0 Å². The fourth-order valence-corrected chi connectivity index (χ4v) is 2.46. The van der Waals surface area contributed by atoms with Crippen LogP contribution in [0.25, 0.3) is 0 Å². The lowest BCUT2D eigenvalue weighted by Crippen LogP contribution is -2.45. The molecule has 5 nitrogen and oxygen atoms in total. The molecule has 0 aromatic heterocycles. The molecule has 1 atom stereocenters. The summed E-state index contributed by atoms with van der Waals surface area (Å²) in [5.74, 6) is -0.492. The molecule has 0 heterocycles. The molecule has 1 unspecified atom stereocenters. The van der Waals surface area contributed by atoms with Crippen LogP contribution in [0.2, 0.25) is 0 Å². The van der Waals surface area contributed by atoms with Crippen molar-refractivity contribution >= 4 is 27.5 Å². The van der Waals surface area contributed by atoms with Crippen molar-refractivity contribution in [2.75, 3.05) is 18.2 Å². The first-order valence-corrected chi connectivity index (χ1v) is 6.95. The summed E-state index contributed by atoms with van der Waals surface area (Å²) in [6, 6.07) is -0.759. The molecule has 0 radical (unpaired) electrons. The van der Waals surface area contributed by atoms with Crippen LogP contribution in [0.3, 0.4) is 0 Å². The van der Waals surface area contributed by atoms with E-state index in [1.165, 1.54) is 6.92 Å². The van der Waals surface area contributed by atoms with Crippen molar-refractivity contribution in [2.24, 2.45) is 0 Å². The van der Waals surface area contributed by atoms with Gasteiger partial charge < -0.3 is 5.32 Å². The second-order valence-corrected chi connectivity index (χ2v) is 5.39. The van der Waals surface area contributed by atoms with Crippen LogP contribution in [0.4, 0.5) is 0 Å². The van der Waals surface area contributed by atoms with Gasteiger partial charge in [0.2, 0.25) is 15.9 Å². The highest BCUT2D eigenvalue weighted by atomic mass is 35.5. The molecule has 7 heteroatoms. The van der Waals surface area contributed by atoms with Crippen molar-refractivity contribution in [3.8, 4) is 0 Å². The average Bonchev–Trinajstić information content (AvgIpc) is 2.13. The highest BCUT2D eigenvalue weighted by molar-refractivity contribution is 7.89. The quantitative estimate of drug-likeness (QED) is 0.633. The van der Waals surface area contributed by atoms with Gasteiger partial charge in [0.15, 0.2) is 0 Å². The topological polar surface area (TPSA) is 75.3 Å². The first-order valence-electron chi connectivity index (χ1n) is 4.76. The molecule has 0 saturated heterocycles. The summed E-state index contributed by atoms with van der Waals surface area (Å²) in [7, 11) is -3.44. The number of hydrogen-bond donors (Lipinski definition) is 2. The van der Waals surface area contributed by atoms with Gasteiger partial charge in [-0.2, -0.15) is 0 Å². The molecular weight excluding hydrogens is 240 g/mol. The Bertz CT molecular complexity index is 292. The average molecular weight is 257 g/mol. The van der Waals surface area contributed by atoms with E-state index in [1.54, 1.807) is 0 Å². The van der Waals surface area contributed by atoms with Gasteiger partial charge in [0.25, 0.3) is 0 Å². The normalized spacial score (nSPS) is 13.5. The van der Waals surface area contributed by atoms with E-state index in [0.29, 0.717) is 6.54 Å². The summed E-state index contributed by atoms with van der Waals surface area (Å²) in [5, 5.41) is 2.60. The van der Waals surface area contributed by atoms with Crippen molar-refractivity contribution in [1.29, 1.82) is 0 Å². The Labute approximate surface area is 95.6 Å². The molecule has 0 aliphatic carbocycles. The Hall–Kier alpha value is -0.330. The number of alkyl halides is 1. The molecule has 2 N–H and O–H groups in total. The Balaban J connectivity index is 4.12. The van der Waals surface area contributed by atoms with Gasteiger partial charge >= 0.3 is 0 Å². The van der Waals surface area contributed by atoms with Gasteiger partial charge in [-0.05, 0) is 13.3 Å². The van der Waals surface area contributed by atoms with Crippen LogP contribution >= 0.6 is 11.6 Å². The number of hydrogen-bond acceptors (Lipinski definition) is 3. The van der Waals surface area contributed by atoms with E-state index >= 15 is 0 Å². The second kappa shape index (κ2) is 7.03. The lowest BCUT2D eigenvalue weighted by molar-refractivity contribution is -0.122. The fraction of sp³-hybridized carbons (Fsp3) is 0.875. The number of nitrogens with one attached hydrogen (secondary N) is 2. The molecule has 0 aromatic rings. The predicted octanol–water partition coefficient (Wildman–Crippen LogP) is 0.0593. The maximum Gasteiger partial charge on any atom is 0.237 e. The van der Waals surface area contributed by atoms with Crippen LogP contribution < -0.4 is 10.0 Å². The molecule has 1 amide bonds. The molecule has 0 spiro atoms. The Kier molecular flexibility index (Phi) is 6.87. The monoisotopic (exact) mass is 256 g/mol. The van der Waals surface area contributed by atoms with E-state index in [1.807, 2.05) is 6.92 Å². The predicted molar refractivity (Wildman–Crippen MR) is 60.4 cm³/mol. The third kappa shape index (κ3) is 6.70. The lowest BCUT2D eigenvalue weighted by atomic mass is 10.3. The first kappa shape index (κ1) is 14.7. The molecule has 0 fully saturated rings. The van der Waals surface area contributed by atoms with Crippen molar-refractivity contribution < 1.29 is 13.2 Å². The van der Waals surface area contributed by atoms with Gasteiger partial charge in [-0.1, -0.05) is 6.92 Å². The van der Waals surface area contributed by atoms with E-state index in [-0.39, 0.29) is 17.5 Å². The molecule has 0 rings (SSSR count). The van der Waals surface area contributed by atoms with Gasteiger partial charge in [-0.3, -0.25) is 4.79 Å². The summed E-state index contributed by atoms with van der Waals surface area (Å²) in [4.78, 5) is 11.3. The fourth-order valence-electron chi connectivity index (χ4n) is 0.885. The van der Waals surface area contributed by atoms with Gasteiger partial charge in [0.1, 0.15) is 0 Å². The van der Waals surface area contributed by atoms with E-state index in [9.17, 15) is 13.2 Å². The molecule has 90 valence electrons. The number of rotatable bonds is 7. The minimum atomic E-state index is -3.44. The third-order valence-electron chi connectivity index (χ3n) is 1.64. The van der Waals surface area contributed by atoms with Crippen LogP contribution in [-0.4, -0.2) is 38.5 Å². The number of amides is 1. The SMILES string of the molecule is CCCNC(=O)C(C)NS(=O)(=O)CCCl. The molecule has 0 aliphatic rings. The van der Waals surface area contributed by atoms with Crippen LogP contribution in [0.5, 0.6) is 0 Å². The molecule has 0 aliphatic heterocycles. The largest absolute Gasteiger partial charge is 0.355 e. The summed E-state index contributed by atoms with van der Waals surface area (Å²) < 4.78 is 24.7. The van der Waals surface area contributed by atoms with E-state index in [4.69, 9.17) is 11.6 Å². The number of carbonyl (C=O) groups excluding carboxylic acids is 1. The van der Waals surface area contributed by atoms with Crippen LogP contribution in [0, 0.1) is 0 Å². The molecule has 15 heavy (non-hydrogen) atoms. The Morgan fingerprint density at radius 1 is 1.47 bits per heavy atom. The van der Waals surface area contributed by atoms with Crippen LogP contribution in [0.1, 0.15) is 20.3 Å². The highest BCUT2D eigenvalue weighted by Crippen LogP contribution is 1.91. The van der Waals surface area contributed by atoms with Gasteiger partial charge in [-0.15, -0.1) is 11.6 Å². The molecular formula is C8H17ClN2O3S. The lowest BCUT2D eigenvalue weighted by Gasteiger charge is -2.13. The molecule has 0 aromatic carbocycles. The van der Waals surface area contributed by atoms with Crippen molar-refractivity contribution in [3.63, 3.8) is 0 Å². The summed E-state index contributed by atoms with van der Waals surface area (Å²) >= 11 is 5.31. The van der Waals surface area contributed by atoms with Crippen molar-refractivity contribution in [2.45, 2.75) is 26.3 Å². The highest BCUT2D eigenvalue weighted by Gasteiger charge is 2.18. The summed E-state index contributed by atoms with van der Waals surface area (Å²) in [6.07, 6.45) is 0.812. The molecule has 0 saturated carbocycles. The maximum absolute atomic E-state index is 11.3. The molecule has 0 bridgehead atoms. The van der Waals surface area contributed by atoms with Gasteiger partial charge in [-0.25, -0.2) is 13.1 Å². The zero-order valence-electron chi connectivity index (χ0n) is 8.92. The number of sulfonamides is 1. The van der Waals surface area contributed by atoms with E-state index in [2.05, 4.69) is 10.0 Å². The second-order valence-electron chi connectivity index (χ2n) is 3.14. The van der Waals surface area contributed by atoms with E-state index < -0.39 is 16.1 Å². The van der Waals surface area contributed by atoms with Gasteiger partial charge in [0.05, 0.1) is 11.8 Å². The number of halogens is 1. The zero-order valence-corrected chi connectivity index (χ0v) is 10.5. The van der Waals surface area contributed by atoms with Crippen molar-refractivity contribution in [1.82, 2.24) is 10.0 Å². The third-order valence-corrected chi connectivity index (χ3v) is 3.51. The van der Waals surface area contributed by atoms with Crippen LogP contribution in [-0.2, 0) is 14.8 Å². The first-order chi connectivity index (χ1) is 6.93. The standard InChI is InChI=1S/C8H17ClN2O3S/c1-3-5-10-8(12)7(2)11-15(13,14)6-4-9/h7,11H,3-6H2,1-2H3,(H,10,12). The smallest absolute Gasteiger partial charge is 0.237 e. The minimum absolute atomic E-state index is 0.0125.